The first-order valence-electron chi connectivity index (χ1n) is 7.61. The summed E-state index contributed by atoms with van der Waals surface area (Å²) >= 11 is 3.44. The Morgan fingerprint density at radius 1 is 1.41 bits per heavy atom. The molecule has 1 aliphatic rings. The molecule has 0 aromatic carbocycles. The summed E-state index contributed by atoms with van der Waals surface area (Å²) in [6, 6.07) is 2.25. The van der Waals surface area contributed by atoms with Crippen molar-refractivity contribution in [2.24, 2.45) is 0 Å². The highest BCUT2D eigenvalue weighted by atomic mass is 79.9. The number of anilines is 1. The van der Waals surface area contributed by atoms with Crippen molar-refractivity contribution in [2.45, 2.75) is 52.2 Å². The van der Waals surface area contributed by atoms with Crippen LogP contribution in [-0.2, 0) is 4.74 Å². The quantitative estimate of drug-likeness (QED) is 0.864. The molecule has 1 aliphatic heterocycles. The fraction of sp³-hybridized carbons (Fsp3) is 0.625. The average molecular weight is 370 g/mol. The zero-order valence-electron chi connectivity index (χ0n) is 13.6. The average Bonchev–Trinajstić information content (AvgIpc) is 2.38. The Morgan fingerprint density at radius 2 is 2.05 bits per heavy atom. The normalized spacial score (nSPS) is 16.5. The molecular formula is C16H24BrN3O2. The molecule has 5 nitrogen and oxygen atoms in total. The highest BCUT2D eigenvalue weighted by Crippen LogP contribution is 2.24. The summed E-state index contributed by atoms with van der Waals surface area (Å²) in [5, 5.41) is 2.96. The number of piperidine rings is 1. The van der Waals surface area contributed by atoms with Gasteiger partial charge in [-0.3, -0.25) is 0 Å². The van der Waals surface area contributed by atoms with Gasteiger partial charge in [-0.25, -0.2) is 9.78 Å². The lowest BCUT2D eigenvalue weighted by atomic mass is 10.0. The first-order chi connectivity index (χ1) is 10.2. The van der Waals surface area contributed by atoms with E-state index in [1.54, 1.807) is 0 Å². The zero-order valence-corrected chi connectivity index (χ0v) is 15.2. The summed E-state index contributed by atoms with van der Waals surface area (Å²) in [7, 11) is 0. The third kappa shape index (κ3) is 4.87. The van der Waals surface area contributed by atoms with E-state index in [1.165, 1.54) is 0 Å². The maximum atomic E-state index is 11.8. The third-order valence-corrected chi connectivity index (χ3v) is 3.97. The van der Waals surface area contributed by atoms with Gasteiger partial charge in [0.2, 0.25) is 0 Å². The smallest absolute Gasteiger partial charge is 0.407 e. The summed E-state index contributed by atoms with van der Waals surface area (Å²) in [6.45, 7) is 9.45. The molecule has 1 N–H and O–H groups in total. The second-order valence-electron chi connectivity index (χ2n) is 6.70. The number of hydrogen-bond acceptors (Lipinski definition) is 4. The van der Waals surface area contributed by atoms with Crippen molar-refractivity contribution in [1.29, 1.82) is 0 Å². The Hall–Kier alpha value is -1.30. The molecule has 6 heteroatoms. The minimum Gasteiger partial charge on any atom is -0.444 e. The molecule has 0 atom stereocenters. The standard InChI is InChI=1S/C16H24BrN3O2/c1-11-9-12(17)10-18-14(11)20-7-5-13(6-8-20)19-15(21)22-16(2,3)4/h9-10,13H,5-8H2,1-4H3,(H,19,21). The van der Waals surface area contributed by atoms with Crippen LogP contribution in [0.5, 0.6) is 0 Å². The second-order valence-corrected chi connectivity index (χ2v) is 7.62. The molecule has 0 unspecified atom stereocenters. The summed E-state index contributed by atoms with van der Waals surface area (Å²) in [6.07, 6.45) is 3.30. The molecule has 122 valence electrons. The SMILES string of the molecule is Cc1cc(Br)cnc1N1CCC(NC(=O)OC(C)(C)C)CC1. The second kappa shape index (κ2) is 6.86. The Bertz CT molecular complexity index is 535. The van der Waals surface area contributed by atoms with Crippen LogP contribution in [0, 0.1) is 6.92 Å². The maximum Gasteiger partial charge on any atom is 0.407 e. The Morgan fingerprint density at radius 3 is 2.59 bits per heavy atom. The van der Waals surface area contributed by atoms with Crippen LogP contribution >= 0.6 is 15.9 Å². The van der Waals surface area contributed by atoms with Gasteiger partial charge in [0.1, 0.15) is 11.4 Å². The largest absolute Gasteiger partial charge is 0.444 e. The topological polar surface area (TPSA) is 54.5 Å². The highest BCUT2D eigenvalue weighted by molar-refractivity contribution is 9.10. The van der Waals surface area contributed by atoms with Crippen LogP contribution in [0.1, 0.15) is 39.2 Å². The van der Waals surface area contributed by atoms with Gasteiger partial charge in [0.05, 0.1) is 0 Å². The summed E-state index contributed by atoms with van der Waals surface area (Å²) in [5.74, 6) is 1.03. The molecule has 1 saturated heterocycles. The summed E-state index contributed by atoms with van der Waals surface area (Å²) in [5.41, 5.74) is 0.705. The van der Waals surface area contributed by atoms with Crippen molar-refractivity contribution in [3.05, 3.63) is 22.3 Å². The lowest BCUT2D eigenvalue weighted by molar-refractivity contribution is 0.0497. The van der Waals surface area contributed by atoms with E-state index in [4.69, 9.17) is 4.74 Å². The zero-order chi connectivity index (χ0) is 16.3. The van der Waals surface area contributed by atoms with Gasteiger partial charge in [0.15, 0.2) is 0 Å². The molecule has 2 heterocycles. The van der Waals surface area contributed by atoms with Crippen LogP contribution in [0.25, 0.3) is 0 Å². The Balaban J connectivity index is 1.86. The molecule has 0 radical (unpaired) electrons. The summed E-state index contributed by atoms with van der Waals surface area (Å²) < 4.78 is 6.30. The van der Waals surface area contributed by atoms with Crippen LogP contribution in [0.4, 0.5) is 10.6 Å². The van der Waals surface area contributed by atoms with Gasteiger partial charge in [-0.05, 0) is 68.1 Å². The Kier molecular flexibility index (Phi) is 5.32. The number of aromatic nitrogens is 1. The van der Waals surface area contributed by atoms with Crippen molar-refractivity contribution in [1.82, 2.24) is 10.3 Å². The number of alkyl carbamates (subject to hydrolysis) is 1. The van der Waals surface area contributed by atoms with Crippen LogP contribution in [-0.4, -0.2) is 35.8 Å². The molecule has 1 aromatic rings. The molecule has 0 spiro atoms. The van der Waals surface area contributed by atoms with Crippen LogP contribution in [0.3, 0.4) is 0 Å². The van der Waals surface area contributed by atoms with Gasteiger partial charge in [-0.2, -0.15) is 0 Å². The van der Waals surface area contributed by atoms with Gasteiger partial charge >= 0.3 is 6.09 Å². The monoisotopic (exact) mass is 369 g/mol. The van der Waals surface area contributed by atoms with E-state index in [0.29, 0.717) is 0 Å². The number of hydrogen-bond donors (Lipinski definition) is 1. The van der Waals surface area contributed by atoms with E-state index in [1.807, 2.05) is 27.0 Å². The molecule has 0 saturated carbocycles. The lowest BCUT2D eigenvalue weighted by Gasteiger charge is -2.34. The predicted molar refractivity (Wildman–Crippen MR) is 91.3 cm³/mol. The molecular weight excluding hydrogens is 346 g/mol. The van der Waals surface area contributed by atoms with Crippen molar-refractivity contribution in [3.63, 3.8) is 0 Å². The van der Waals surface area contributed by atoms with Crippen LogP contribution < -0.4 is 10.2 Å². The van der Waals surface area contributed by atoms with Crippen molar-refractivity contribution in [3.8, 4) is 0 Å². The molecule has 0 aliphatic carbocycles. The van der Waals surface area contributed by atoms with E-state index in [2.05, 4.69) is 44.1 Å². The van der Waals surface area contributed by atoms with Gasteiger partial charge < -0.3 is 15.0 Å². The van der Waals surface area contributed by atoms with Crippen LogP contribution in [0.15, 0.2) is 16.7 Å². The molecule has 0 bridgehead atoms. The minimum atomic E-state index is -0.455. The van der Waals surface area contributed by atoms with E-state index >= 15 is 0 Å². The number of rotatable bonds is 2. The van der Waals surface area contributed by atoms with Crippen molar-refractivity contribution < 1.29 is 9.53 Å². The first kappa shape index (κ1) is 17.1. The van der Waals surface area contributed by atoms with E-state index in [-0.39, 0.29) is 12.1 Å². The number of carbonyl (C=O) groups excluding carboxylic acids is 1. The minimum absolute atomic E-state index is 0.168. The maximum absolute atomic E-state index is 11.8. The molecule has 2 rings (SSSR count). The van der Waals surface area contributed by atoms with Gasteiger partial charge in [0.25, 0.3) is 0 Å². The molecule has 1 fully saturated rings. The van der Waals surface area contributed by atoms with Gasteiger partial charge in [0, 0.05) is 29.8 Å². The lowest BCUT2D eigenvalue weighted by Crippen LogP contribution is -2.46. The number of nitrogens with one attached hydrogen (secondary N) is 1. The number of amides is 1. The fourth-order valence-corrected chi connectivity index (χ4v) is 3.02. The van der Waals surface area contributed by atoms with E-state index < -0.39 is 5.60 Å². The van der Waals surface area contributed by atoms with E-state index in [0.717, 1.165) is 41.8 Å². The first-order valence-corrected chi connectivity index (χ1v) is 8.40. The van der Waals surface area contributed by atoms with Gasteiger partial charge in [-0.15, -0.1) is 0 Å². The highest BCUT2D eigenvalue weighted by Gasteiger charge is 2.24. The number of aryl methyl sites for hydroxylation is 1. The number of carbonyl (C=O) groups is 1. The number of nitrogens with zero attached hydrogens (tertiary/aromatic N) is 2. The predicted octanol–water partition coefficient (Wildman–Crippen LogP) is 3.65. The fourth-order valence-electron chi connectivity index (χ4n) is 2.57. The molecule has 22 heavy (non-hydrogen) atoms. The van der Waals surface area contributed by atoms with Crippen molar-refractivity contribution >= 4 is 27.8 Å². The number of halogens is 1. The molecule has 1 aromatic heterocycles. The Labute approximate surface area is 140 Å². The number of pyridine rings is 1. The van der Waals surface area contributed by atoms with E-state index in [9.17, 15) is 4.79 Å². The number of ether oxygens (including phenoxy) is 1. The third-order valence-electron chi connectivity index (χ3n) is 3.53. The van der Waals surface area contributed by atoms with Crippen LogP contribution in [0.2, 0.25) is 0 Å². The molecule has 1 amide bonds. The van der Waals surface area contributed by atoms with Crippen molar-refractivity contribution in [2.75, 3.05) is 18.0 Å². The summed E-state index contributed by atoms with van der Waals surface area (Å²) in [4.78, 5) is 18.6. The van der Waals surface area contributed by atoms with Gasteiger partial charge in [-0.1, -0.05) is 0 Å².